The molecule has 0 radical (unpaired) electrons. The summed E-state index contributed by atoms with van der Waals surface area (Å²) in [7, 11) is 2.89. The van der Waals surface area contributed by atoms with Gasteiger partial charge in [-0.1, -0.05) is 6.92 Å². The average molecular weight is 260 g/mol. The van der Waals surface area contributed by atoms with Crippen molar-refractivity contribution in [1.29, 1.82) is 0 Å². The Bertz CT molecular complexity index is 306. The van der Waals surface area contributed by atoms with Gasteiger partial charge in [-0.25, -0.2) is 4.79 Å². The van der Waals surface area contributed by atoms with Gasteiger partial charge in [-0.3, -0.25) is 9.59 Å². The van der Waals surface area contributed by atoms with Crippen LogP contribution in [0.1, 0.15) is 19.8 Å². The number of amides is 2. The van der Waals surface area contributed by atoms with Crippen LogP contribution in [0.25, 0.3) is 0 Å². The first-order valence-electron chi connectivity index (χ1n) is 5.67. The van der Waals surface area contributed by atoms with Crippen LogP contribution in [0.4, 0.5) is 4.79 Å². The van der Waals surface area contributed by atoms with Gasteiger partial charge in [-0.15, -0.1) is 0 Å². The van der Waals surface area contributed by atoms with Gasteiger partial charge in [-0.05, 0) is 6.42 Å². The normalized spacial score (nSPS) is 11.5. The lowest BCUT2D eigenvalue weighted by Crippen LogP contribution is -2.40. The van der Waals surface area contributed by atoms with E-state index >= 15 is 0 Å². The van der Waals surface area contributed by atoms with Gasteiger partial charge >= 0.3 is 18.0 Å². The zero-order valence-corrected chi connectivity index (χ0v) is 10.9. The molecule has 0 saturated carbocycles. The van der Waals surface area contributed by atoms with E-state index in [0.29, 0.717) is 13.0 Å². The number of carboxylic acids is 1. The van der Waals surface area contributed by atoms with E-state index in [1.54, 1.807) is 7.05 Å². The summed E-state index contributed by atoms with van der Waals surface area (Å²) in [5, 5.41) is 11.2. The lowest BCUT2D eigenvalue weighted by Gasteiger charge is -2.18. The fourth-order valence-electron chi connectivity index (χ4n) is 1.13. The number of carbonyl (C=O) groups excluding carboxylic acids is 2. The molecule has 104 valence electrons. The van der Waals surface area contributed by atoms with E-state index in [2.05, 4.69) is 10.1 Å². The third-order valence-corrected chi connectivity index (χ3v) is 2.43. The fourth-order valence-corrected chi connectivity index (χ4v) is 1.13. The first-order valence-corrected chi connectivity index (χ1v) is 5.67. The van der Waals surface area contributed by atoms with Gasteiger partial charge in [0.2, 0.25) is 0 Å². The predicted molar refractivity (Wildman–Crippen MR) is 64.1 cm³/mol. The minimum Gasteiger partial charge on any atom is -0.481 e. The van der Waals surface area contributed by atoms with Crippen molar-refractivity contribution in [3.05, 3.63) is 0 Å². The van der Waals surface area contributed by atoms with Gasteiger partial charge in [0.15, 0.2) is 0 Å². The van der Waals surface area contributed by atoms with Crippen LogP contribution < -0.4 is 5.32 Å². The number of rotatable bonds is 7. The quantitative estimate of drug-likeness (QED) is 0.642. The highest BCUT2D eigenvalue weighted by Crippen LogP contribution is 1.97. The third kappa shape index (κ3) is 6.72. The Morgan fingerprint density at radius 2 is 2.00 bits per heavy atom. The maximum atomic E-state index is 11.5. The second-order valence-corrected chi connectivity index (χ2v) is 4.03. The Labute approximate surface area is 106 Å². The molecule has 0 fully saturated rings. The van der Waals surface area contributed by atoms with Crippen molar-refractivity contribution in [3.8, 4) is 0 Å². The number of hydrogen-bond donors (Lipinski definition) is 2. The smallest absolute Gasteiger partial charge is 0.317 e. The first-order chi connectivity index (χ1) is 8.38. The van der Waals surface area contributed by atoms with Gasteiger partial charge < -0.3 is 20.1 Å². The molecule has 7 heteroatoms. The van der Waals surface area contributed by atoms with Gasteiger partial charge in [-0.2, -0.15) is 0 Å². The molecule has 0 spiro atoms. The molecule has 0 rings (SSSR count). The number of esters is 1. The summed E-state index contributed by atoms with van der Waals surface area (Å²) in [4.78, 5) is 34.3. The highest BCUT2D eigenvalue weighted by Gasteiger charge is 2.14. The number of urea groups is 1. The molecule has 0 aliphatic heterocycles. The zero-order chi connectivity index (χ0) is 14.1. The lowest BCUT2D eigenvalue weighted by molar-refractivity contribution is -0.141. The largest absolute Gasteiger partial charge is 0.481 e. The Morgan fingerprint density at radius 1 is 1.39 bits per heavy atom. The first kappa shape index (κ1) is 16.2. The predicted octanol–water partition coefficient (Wildman–Crippen LogP) is 0.302. The minimum atomic E-state index is -0.955. The maximum Gasteiger partial charge on any atom is 0.317 e. The summed E-state index contributed by atoms with van der Waals surface area (Å²) in [6.45, 7) is 2.00. The molecule has 0 aromatic rings. The monoisotopic (exact) mass is 260 g/mol. The van der Waals surface area contributed by atoms with Crippen LogP contribution in [0.15, 0.2) is 0 Å². The number of aliphatic carboxylic acids is 1. The van der Waals surface area contributed by atoms with Gasteiger partial charge in [0.25, 0.3) is 0 Å². The van der Waals surface area contributed by atoms with Crippen LogP contribution in [0, 0.1) is 5.92 Å². The molecular weight excluding hydrogens is 240 g/mol. The Hall–Kier alpha value is -1.79. The number of nitrogens with one attached hydrogen (secondary N) is 1. The Kier molecular flexibility index (Phi) is 7.50. The molecule has 1 atom stereocenters. The van der Waals surface area contributed by atoms with E-state index in [-0.39, 0.29) is 25.0 Å². The molecule has 1 unspecified atom stereocenters. The van der Waals surface area contributed by atoms with Crippen LogP contribution in [0.5, 0.6) is 0 Å². The summed E-state index contributed by atoms with van der Waals surface area (Å²) in [6.07, 6.45) is 0.755. The van der Waals surface area contributed by atoms with Crippen molar-refractivity contribution in [2.45, 2.75) is 19.8 Å². The second kappa shape index (κ2) is 8.32. The number of carboxylic acid groups (broad SMARTS) is 1. The molecule has 2 amide bonds. The zero-order valence-electron chi connectivity index (χ0n) is 10.9. The number of nitrogens with zero attached hydrogens (tertiary/aromatic N) is 1. The highest BCUT2D eigenvalue weighted by molar-refractivity contribution is 5.75. The van der Waals surface area contributed by atoms with E-state index in [4.69, 9.17) is 5.11 Å². The summed E-state index contributed by atoms with van der Waals surface area (Å²) < 4.78 is 4.47. The molecule has 0 aliphatic carbocycles. The molecule has 0 aromatic heterocycles. The second-order valence-electron chi connectivity index (χ2n) is 4.03. The molecular formula is C11H20N2O5. The van der Waals surface area contributed by atoms with E-state index in [0.717, 1.165) is 0 Å². The molecule has 0 heterocycles. The van der Waals surface area contributed by atoms with E-state index in [9.17, 15) is 14.4 Å². The molecule has 0 bridgehead atoms. The Morgan fingerprint density at radius 3 is 2.50 bits per heavy atom. The van der Waals surface area contributed by atoms with Gasteiger partial charge in [0.1, 0.15) is 0 Å². The van der Waals surface area contributed by atoms with Crippen LogP contribution in [-0.2, 0) is 14.3 Å². The number of hydrogen-bond acceptors (Lipinski definition) is 4. The van der Waals surface area contributed by atoms with Gasteiger partial charge in [0.05, 0.1) is 13.0 Å². The molecule has 7 nitrogen and oxygen atoms in total. The van der Waals surface area contributed by atoms with E-state index < -0.39 is 11.9 Å². The van der Waals surface area contributed by atoms with Crippen molar-refractivity contribution in [2.75, 3.05) is 27.2 Å². The molecule has 0 aromatic carbocycles. The number of methoxy groups -OCH3 is 1. The van der Waals surface area contributed by atoms with Crippen LogP contribution in [-0.4, -0.2) is 55.2 Å². The molecule has 0 aliphatic rings. The average Bonchev–Trinajstić information content (AvgIpc) is 2.34. The van der Waals surface area contributed by atoms with Gasteiger partial charge in [0, 0.05) is 26.6 Å². The summed E-state index contributed by atoms with van der Waals surface area (Å²) in [6, 6.07) is -0.354. The van der Waals surface area contributed by atoms with Crippen LogP contribution >= 0.6 is 0 Å². The van der Waals surface area contributed by atoms with Crippen molar-refractivity contribution < 1.29 is 24.2 Å². The molecule has 0 saturated heterocycles. The molecule has 2 N–H and O–H groups in total. The van der Waals surface area contributed by atoms with Crippen LogP contribution in [0.3, 0.4) is 0 Å². The summed E-state index contributed by atoms with van der Waals surface area (Å²) in [5.41, 5.74) is 0. The maximum absolute atomic E-state index is 11.5. The minimum absolute atomic E-state index is 0.0789. The number of ether oxygens (including phenoxy) is 1. The third-order valence-electron chi connectivity index (χ3n) is 2.43. The van der Waals surface area contributed by atoms with Crippen molar-refractivity contribution >= 4 is 18.0 Å². The van der Waals surface area contributed by atoms with E-state index in [1.807, 2.05) is 0 Å². The van der Waals surface area contributed by atoms with Crippen molar-refractivity contribution in [2.24, 2.45) is 5.92 Å². The fraction of sp³-hybridized carbons (Fsp3) is 0.727. The topological polar surface area (TPSA) is 95.9 Å². The number of carbonyl (C=O) groups is 3. The van der Waals surface area contributed by atoms with Crippen molar-refractivity contribution in [3.63, 3.8) is 0 Å². The highest BCUT2D eigenvalue weighted by atomic mass is 16.5. The van der Waals surface area contributed by atoms with E-state index in [1.165, 1.54) is 18.9 Å². The Balaban J connectivity index is 3.83. The lowest BCUT2D eigenvalue weighted by atomic mass is 10.2. The standard InChI is InChI=1S/C11H20N2O5/c1-8(10(15)16)7-12-11(17)13(2)6-4-5-9(14)18-3/h8H,4-7H2,1-3H3,(H,12,17)(H,15,16). The summed E-state index contributed by atoms with van der Waals surface area (Å²) in [5.74, 6) is -1.90. The molecule has 18 heavy (non-hydrogen) atoms. The summed E-state index contributed by atoms with van der Waals surface area (Å²) >= 11 is 0. The van der Waals surface area contributed by atoms with Crippen molar-refractivity contribution in [1.82, 2.24) is 10.2 Å². The SMILES string of the molecule is COC(=O)CCCN(C)C(=O)NCC(C)C(=O)O. The van der Waals surface area contributed by atoms with Crippen LogP contribution in [0.2, 0.25) is 0 Å².